The number of halogens is 1. The lowest BCUT2D eigenvalue weighted by atomic mass is 9.95. The van der Waals surface area contributed by atoms with Gasteiger partial charge in [0.1, 0.15) is 17.3 Å². The highest BCUT2D eigenvalue weighted by molar-refractivity contribution is 14.1. The zero-order valence-electron chi connectivity index (χ0n) is 11.6. The van der Waals surface area contributed by atoms with Crippen molar-refractivity contribution in [3.05, 3.63) is 39.2 Å². The summed E-state index contributed by atoms with van der Waals surface area (Å²) in [5.74, 6) is 2.88. The van der Waals surface area contributed by atoms with Gasteiger partial charge in [0.25, 0.3) is 0 Å². The van der Waals surface area contributed by atoms with Gasteiger partial charge in [-0.3, -0.25) is 0 Å². The van der Waals surface area contributed by atoms with E-state index in [-0.39, 0.29) is 6.10 Å². The molecule has 2 aromatic rings. The Morgan fingerprint density at radius 1 is 1.20 bits per heavy atom. The van der Waals surface area contributed by atoms with Gasteiger partial charge < -0.3 is 13.9 Å². The molecule has 1 aromatic carbocycles. The van der Waals surface area contributed by atoms with Crippen LogP contribution >= 0.6 is 22.6 Å². The monoisotopic (exact) mass is 384 g/mol. The Morgan fingerprint density at radius 2 is 1.95 bits per heavy atom. The van der Waals surface area contributed by atoms with Crippen molar-refractivity contribution in [2.45, 2.75) is 25.4 Å². The summed E-state index contributed by atoms with van der Waals surface area (Å²) in [6, 6.07) is 7.99. The Labute approximate surface area is 132 Å². The second kappa shape index (κ2) is 5.77. The number of benzene rings is 1. The third-order valence-corrected chi connectivity index (χ3v) is 4.86. The molecule has 0 radical (unpaired) electrons. The topological polar surface area (TPSA) is 31.6 Å². The van der Waals surface area contributed by atoms with Gasteiger partial charge >= 0.3 is 0 Å². The molecule has 0 bridgehead atoms. The molecule has 4 heteroatoms. The zero-order valence-corrected chi connectivity index (χ0v) is 13.8. The van der Waals surface area contributed by atoms with Crippen molar-refractivity contribution in [2.24, 2.45) is 0 Å². The number of rotatable bonds is 3. The molecule has 0 N–H and O–H groups in total. The SMILES string of the molecule is COc1ccc(-c2oc3c(c2I)C(OC)CCC3)cc1. The first kappa shape index (κ1) is 13.9. The lowest BCUT2D eigenvalue weighted by Gasteiger charge is -2.20. The summed E-state index contributed by atoms with van der Waals surface area (Å²) in [4.78, 5) is 0. The number of hydrogen-bond donors (Lipinski definition) is 0. The summed E-state index contributed by atoms with van der Waals surface area (Å²) < 4.78 is 18.1. The molecule has 0 fully saturated rings. The molecule has 106 valence electrons. The van der Waals surface area contributed by atoms with E-state index in [2.05, 4.69) is 22.6 Å². The first-order valence-electron chi connectivity index (χ1n) is 6.73. The van der Waals surface area contributed by atoms with Gasteiger partial charge in [-0.1, -0.05) is 0 Å². The molecule has 1 aromatic heterocycles. The summed E-state index contributed by atoms with van der Waals surface area (Å²) in [6.07, 6.45) is 3.36. The second-order valence-corrected chi connectivity index (χ2v) is 6.01. The van der Waals surface area contributed by atoms with E-state index in [0.717, 1.165) is 42.1 Å². The van der Waals surface area contributed by atoms with E-state index in [4.69, 9.17) is 13.9 Å². The van der Waals surface area contributed by atoms with Crippen molar-refractivity contribution >= 4 is 22.6 Å². The van der Waals surface area contributed by atoms with E-state index in [1.54, 1.807) is 14.2 Å². The van der Waals surface area contributed by atoms with Crippen molar-refractivity contribution in [2.75, 3.05) is 14.2 Å². The van der Waals surface area contributed by atoms with Crippen LogP contribution in [-0.2, 0) is 11.2 Å². The van der Waals surface area contributed by atoms with Crippen LogP contribution in [-0.4, -0.2) is 14.2 Å². The number of furan rings is 1. The van der Waals surface area contributed by atoms with Crippen LogP contribution in [0.2, 0.25) is 0 Å². The summed E-state index contributed by atoms with van der Waals surface area (Å²) >= 11 is 2.37. The van der Waals surface area contributed by atoms with Crippen LogP contribution in [0.15, 0.2) is 28.7 Å². The minimum absolute atomic E-state index is 0.168. The van der Waals surface area contributed by atoms with Crippen LogP contribution in [0, 0.1) is 3.57 Å². The molecule has 0 saturated carbocycles. The van der Waals surface area contributed by atoms with Gasteiger partial charge in [-0.25, -0.2) is 0 Å². The maximum atomic E-state index is 6.10. The normalized spacial score (nSPS) is 17.9. The predicted octanol–water partition coefficient (Wildman–Crippen LogP) is 4.58. The molecule has 0 spiro atoms. The van der Waals surface area contributed by atoms with Gasteiger partial charge in [-0.2, -0.15) is 0 Å². The second-order valence-electron chi connectivity index (χ2n) is 4.93. The minimum Gasteiger partial charge on any atom is -0.497 e. The van der Waals surface area contributed by atoms with Crippen molar-refractivity contribution in [1.29, 1.82) is 0 Å². The molecule has 0 aliphatic heterocycles. The molecule has 0 saturated heterocycles. The number of fused-ring (bicyclic) bond motifs is 1. The molecule has 1 unspecified atom stereocenters. The van der Waals surface area contributed by atoms with E-state index >= 15 is 0 Å². The van der Waals surface area contributed by atoms with Crippen molar-refractivity contribution in [3.8, 4) is 17.1 Å². The molecule has 1 heterocycles. The lowest BCUT2D eigenvalue weighted by molar-refractivity contribution is 0.0852. The fourth-order valence-electron chi connectivity index (χ4n) is 2.73. The Kier molecular flexibility index (Phi) is 4.03. The van der Waals surface area contributed by atoms with Crippen LogP contribution in [0.3, 0.4) is 0 Å². The highest BCUT2D eigenvalue weighted by Crippen LogP contribution is 2.42. The Hall–Kier alpha value is -1.01. The molecule has 1 aliphatic rings. The van der Waals surface area contributed by atoms with Gasteiger partial charge in [0, 0.05) is 24.7 Å². The summed E-state index contributed by atoms with van der Waals surface area (Å²) in [5, 5.41) is 0. The van der Waals surface area contributed by atoms with Crippen LogP contribution in [0.5, 0.6) is 5.75 Å². The minimum atomic E-state index is 0.168. The molecule has 1 aliphatic carbocycles. The summed E-state index contributed by atoms with van der Waals surface area (Å²) in [5.41, 5.74) is 2.32. The Morgan fingerprint density at radius 3 is 2.60 bits per heavy atom. The molecule has 0 amide bonds. The highest BCUT2D eigenvalue weighted by atomic mass is 127. The van der Waals surface area contributed by atoms with Crippen LogP contribution < -0.4 is 4.74 Å². The Balaban J connectivity index is 2.04. The maximum absolute atomic E-state index is 6.10. The van der Waals surface area contributed by atoms with Gasteiger partial charge in [0.2, 0.25) is 0 Å². The van der Waals surface area contributed by atoms with Crippen LogP contribution in [0.1, 0.15) is 30.3 Å². The molecule has 3 nitrogen and oxygen atoms in total. The highest BCUT2D eigenvalue weighted by Gasteiger charge is 2.29. The first-order chi connectivity index (χ1) is 9.74. The number of hydrogen-bond acceptors (Lipinski definition) is 3. The average molecular weight is 384 g/mol. The van der Waals surface area contributed by atoms with Crippen molar-refractivity contribution < 1.29 is 13.9 Å². The smallest absolute Gasteiger partial charge is 0.147 e. The first-order valence-corrected chi connectivity index (χ1v) is 7.80. The van der Waals surface area contributed by atoms with Gasteiger partial charge in [0.15, 0.2) is 0 Å². The van der Waals surface area contributed by atoms with Gasteiger partial charge in [-0.15, -0.1) is 0 Å². The van der Waals surface area contributed by atoms with E-state index < -0.39 is 0 Å². The number of ether oxygens (including phenoxy) is 2. The van der Waals surface area contributed by atoms with E-state index in [0.29, 0.717) is 0 Å². The van der Waals surface area contributed by atoms with E-state index in [1.165, 1.54) is 9.13 Å². The van der Waals surface area contributed by atoms with Gasteiger partial charge in [0.05, 0.1) is 16.8 Å². The number of methoxy groups -OCH3 is 2. The van der Waals surface area contributed by atoms with E-state index in [1.807, 2.05) is 24.3 Å². The van der Waals surface area contributed by atoms with E-state index in [9.17, 15) is 0 Å². The predicted molar refractivity (Wildman–Crippen MR) is 86.1 cm³/mol. The fraction of sp³-hybridized carbons (Fsp3) is 0.375. The average Bonchev–Trinajstić information content (AvgIpc) is 2.85. The van der Waals surface area contributed by atoms with Crippen LogP contribution in [0.4, 0.5) is 0 Å². The molecule has 3 rings (SSSR count). The van der Waals surface area contributed by atoms with Gasteiger partial charge in [-0.05, 0) is 59.7 Å². The molecular weight excluding hydrogens is 367 g/mol. The third-order valence-electron chi connectivity index (χ3n) is 3.79. The largest absolute Gasteiger partial charge is 0.497 e. The molecular formula is C16H17IO3. The third kappa shape index (κ3) is 2.35. The van der Waals surface area contributed by atoms with Crippen LogP contribution in [0.25, 0.3) is 11.3 Å². The lowest BCUT2D eigenvalue weighted by Crippen LogP contribution is -2.10. The summed E-state index contributed by atoms with van der Waals surface area (Å²) in [6.45, 7) is 0. The Bertz CT molecular complexity index is 601. The van der Waals surface area contributed by atoms with Crippen molar-refractivity contribution in [3.63, 3.8) is 0 Å². The summed E-state index contributed by atoms with van der Waals surface area (Å²) in [7, 11) is 3.45. The quantitative estimate of drug-likeness (QED) is 0.726. The fourth-order valence-corrected chi connectivity index (χ4v) is 3.80. The maximum Gasteiger partial charge on any atom is 0.147 e. The standard InChI is InChI=1S/C16H17IO3/c1-18-11-8-6-10(7-9-11)16-15(17)14-12(19-2)4-3-5-13(14)20-16/h6-9,12H,3-5H2,1-2H3. The molecule has 20 heavy (non-hydrogen) atoms. The number of aryl methyl sites for hydroxylation is 1. The molecule has 1 atom stereocenters. The van der Waals surface area contributed by atoms with Crippen molar-refractivity contribution in [1.82, 2.24) is 0 Å². The zero-order chi connectivity index (χ0) is 14.1.